The third kappa shape index (κ3) is 3.90. The molecule has 1 saturated heterocycles. The van der Waals surface area contributed by atoms with E-state index in [1.165, 1.54) is 4.88 Å². The van der Waals surface area contributed by atoms with Gasteiger partial charge < -0.3 is 4.90 Å². The normalized spacial score (nSPS) is 16.1. The fourth-order valence-corrected chi connectivity index (χ4v) is 4.42. The number of H-pyrrole nitrogens is 1. The Morgan fingerprint density at radius 1 is 1.38 bits per heavy atom. The van der Waals surface area contributed by atoms with E-state index in [9.17, 15) is 4.79 Å². The van der Waals surface area contributed by atoms with Crippen LogP contribution >= 0.6 is 27.3 Å². The molecule has 1 N–H and O–H groups in total. The molecule has 0 spiro atoms. The highest BCUT2D eigenvalue weighted by Crippen LogP contribution is 2.26. The molecule has 1 fully saturated rings. The fourth-order valence-electron chi connectivity index (χ4n) is 2.91. The average Bonchev–Trinajstić information content (AvgIpc) is 3.22. The van der Waals surface area contributed by atoms with Crippen molar-refractivity contribution in [2.45, 2.75) is 26.2 Å². The van der Waals surface area contributed by atoms with Gasteiger partial charge in [0.05, 0.1) is 10.2 Å². The van der Waals surface area contributed by atoms with Crippen LogP contribution in [0.25, 0.3) is 0 Å². The van der Waals surface area contributed by atoms with Crippen molar-refractivity contribution in [1.29, 1.82) is 0 Å². The van der Waals surface area contributed by atoms with Gasteiger partial charge in [-0.05, 0) is 39.7 Å². The second kappa shape index (κ2) is 7.80. The molecule has 3 heterocycles. The van der Waals surface area contributed by atoms with Crippen LogP contribution < -0.4 is 0 Å². The SMILES string of the molecule is CC(C)c1[nH]nc(C(=O)N2CCN(CCc3cccs3)CC2)c1Br. The zero-order chi connectivity index (χ0) is 17.1. The molecule has 1 aliphatic heterocycles. The van der Waals surface area contributed by atoms with Gasteiger partial charge in [0.1, 0.15) is 0 Å². The molecular weight excluding hydrogens is 388 g/mol. The topological polar surface area (TPSA) is 52.2 Å². The molecule has 0 bridgehead atoms. The molecule has 2 aromatic heterocycles. The first-order valence-corrected chi connectivity index (χ1v) is 10.0. The smallest absolute Gasteiger partial charge is 0.275 e. The third-order valence-corrected chi connectivity index (χ3v) is 6.17. The highest BCUT2D eigenvalue weighted by Gasteiger charge is 2.26. The molecule has 0 unspecified atom stereocenters. The number of halogens is 1. The van der Waals surface area contributed by atoms with Crippen LogP contribution in [-0.4, -0.2) is 58.6 Å². The molecule has 0 atom stereocenters. The summed E-state index contributed by atoms with van der Waals surface area (Å²) in [4.78, 5) is 18.5. The number of rotatable bonds is 5. The molecule has 0 aliphatic carbocycles. The molecule has 1 amide bonds. The number of hydrogen-bond donors (Lipinski definition) is 1. The second-order valence-corrected chi connectivity index (χ2v) is 8.24. The van der Waals surface area contributed by atoms with Crippen molar-refractivity contribution < 1.29 is 4.79 Å². The zero-order valence-electron chi connectivity index (χ0n) is 14.1. The number of nitrogens with one attached hydrogen (secondary N) is 1. The number of thiophene rings is 1. The molecule has 24 heavy (non-hydrogen) atoms. The third-order valence-electron chi connectivity index (χ3n) is 4.43. The number of aromatic amines is 1. The van der Waals surface area contributed by atoms with Crippen LogP contribution in [-0.2, 0) is 6.42 Å². The van der Waals surface area contributed by atoms with Crippen LogP contribution in [0.5, 0.6) is 0 Å². The predicted molar refractivity (Wildman–Crippen MR) is 101 cm³/mol. The van der Waals surface area contributed by atoms with Gasteiger partial charge in [0.25, 0.3) is 5.91 Å². The Hall–Kier alpha value is -1.18. The molecule has 5 nitrogen and oxygen atoms in total. The lowest BCUT2D eigenvalue weighted by Crippen LogP contribution is -2.49. The zero-order valence-corrected chi connectivity index (χ0v) is 16.5. The largest absolute Gasteiger partial charge is 0.335 e. The Kier molecular flexibility index (Phi) is 5.73. The number of aromatic nitrogens is 2. The molecule has 0 saturated carbocycles. The van der Waals surface area contributed by atoms with Crippen molar-refractivity contribution in [2.24, 2.45) is 0 Å². The van der Waals surface area contributed by atoms with Crippen LogP contribution in [0.15, 0.2) is 22.0 Å². The van der Waals surface area contributed by atoms with E-state index in [1.54, 1.807) is 0 Å². The van der Waals surface area contributed by atoms with Gasteiger partial charge >= 0.3 is 0 Å². The Bertz CT molecular complexity index is 675. The highest BCUT2D eigenvalue weighted by molar-refractivity contribution is 9.10. The van der Waals surface area contributed by atoms with Gasteiger partial charge in [-0.2, -0.15) is 5.10 Å². The summed E-state index contributed by atoms with van der Waals surface area (Å²) in [5.41, 5.74) is 1.48. The number of hydrogen-bond acceptors (Lipinski definition) is 4. The van der Waals surface area contributed by atoms with Crippen molar-refractivity contribution >= 4 is 33.2 Å². The van der Waals surface area contributed by atoms with Crippen LogP contribution in [0.3, 0.4) is 0 Å². The minimum atomic E-state index is 0.0166. The van der Waals surface area contributed by atoms with E-state index >= 15 is 0 Å². The Balaban J connectivity index is 1.53. The first-order valence-electron chi connectivity index (χ1n) is 8.34. The van der Waals surface area contributed by atoms with Gasteiger partial charge in [0.15, 0.2) is 5.69 Å². The summed E-state index contributed by atoms with van der Waals surface area (Å²) in [5, 5.41) is 9.33. The first kappa shape index (κ1) is 17.6. The van der Waals surface area contributed by atoms with Gasteiger partial charge in [0, 0.05) is 37.6 Å². The van der Waals surface area contributed by atoms with Crippen molar-refractivity contribution in [2.75, 3.05) is 32.7 Å². The summed E-state index contributed by atoms with van der Waals surface area (Å²) in [5.74, 6) is 0.324. The van der Waals surface area contributed by atoms with Crippen molar-refractivity contribution in [1.82, 2.24) is 20.0 Å². The molecule has 0 radical (unpaired) electrons. The van der Waals surface area contributed by atoms with E-state index in [-0.39, 0.29) is 5.91 Å². The molecule has 130 valence electrons. The summed E-state index contributed by atoms with van der Waals surface area (Å²) in [6, 6.07) is 4.29. The fraction of sp³-hybridized carbons (Fsp3) is 0.529. The standard InChI is InChI=1S/C17H23BrN4OS/c1-12(2)15-14(18)16(20-19-15)17(23)22-9-7-21(8-10-22)6-5-13-4-3-11-24-13/h3-4,11-12H,5-10H2,1-2H3,(H,19,20). The number of nitrogens with zero attached hydrogens (tertiary/aromatic N) is 3. The average molecular weight is 411 g/mol. The Morgan fingerprint density at radius 3 is 2.71 bits per heavy atom. The molecule has 7 heteroatoms. The lowest BCUT2D eigenvalue weighted by Gasteiger charge is -2.34. The van der Waals surface area contributed by atoms with E-state index < -0.39 is 0 Å². The minimum Gasteiger partial charge on any atom is -0.335 e. The van der Waals surface area contributed by atoms with E-state index in [1.807, 2.05) is 16.2 Å². The van der Waals surface area contributed by atoms with Gasteiger partial charge in [-0.3, -0.25) is 14.8 Å². The molecular formula is C17H23BrN4OS. The summed E-state index contributed by atoms with van der Waals surface area (Å²) in [6.45, 7) is 8.61. The van der Waals surface area contributed by atoms with Crippen LogP contribution in [0, 0.1) is 0 Å². The number of amides is 1. The maximum absolute atomic E-state index is 12.7. The second-order valence-electron chi connectivity index (χ2n) is 6.42. The van der Waals surface area contributed by atoms with Crippen molar-refractivity contribution in [3.63, 3.8) is 0 Å². The lowest BCUT2D eigenvalue weighted by molar-refractivity contribution is 0.0632. The quantitative estimate of drug-likeness (QED) is 0.821. The summed E-state index contributed by atoms with van der Waals surface area (Å²) >= 11 is 5.34. The first-order chi connectivity index (χ1) is 11.6. The van der Waals surface area contributed by atoms with Crippen LogP contribution in [0.1, 0.15) is 40.8 Å². The summed E-state index contributed by atoms with van der Waals surface area (Å²) in [7, 11) is 0. The number of carbonyl (C=O) groups excluding carboxylic acids is 1. The van der Waals surface area contributed by atoms with Gasteiger partial charge in [0.2, 0.25) is 0 Å². The maximum Gasteiger partial charge on any atom is 0.275 e. The van der Waals surface area contributed by atoms with Gasteiger partial charge in [-0.15, -0.1) is 11.3 Å². The number of carbonyl (C=O) groups is 1. The van der Waals surface area contributed by atoms with Crippen molar-refractivity contribution in [3.8, 4) is 0 Å². The molecule has 0 aromatic carbocycles. The van der Waals surface area contributed by atoms with Crippen molar-refractivity contribution in [3.05, 3.63) is 38.3 Å². The predicted octanol–water partition coefficient (Wildman–Crippen LogP) is 3.36. The minimum absolute atomic E-state index is 0.0166. The van der Waals surface area contributed by atoms with Gasteiger partial charge in [-0.1, -0.05) is 19.9 Å². The monoisotopic (exact) mass is 410 g/mol. The molecule has 2 aromatic rings. The van der Waals surface area contributed by atoms with Gasteiger partial charge in [-0.25, -0.2) is 0 Å². The van der Waals surface area contributed by atoms with E-state index in [2.05, 4.69) is 62.4 Å². The summed E-state index contributed by atoms with van der Waals surface area (Å²) in [6.07, 6.45) is 1.09. The molecule has 3 rings (SSSR count). The van der Waals surface area contributed by atoms with E-state index in [4.69, 9.17) is 0 Å². The summed E-state index contributed by atoms with van der Waals surface area (Å²) < 4.78 is 0.808. The Labute approximate surface area is 155 Å². The van der Waals surface area contributed by atoms with E-state index in [0.29, 0.717) is 11.6 Å². The van der Waals surface area contributed by atoms with Crippen LogP contribution in [0.2, 0.25) is 0 Å². The highest BCUT2D eigenvalue weighted by atomic mass is 79.9. The van der Waals surface area contributed by atoms with E-state index in [0.717, 1.165) is 49.3 Å². The molecule has 1 aliphatic rings. The lowest BCUT2D eigenvalue weighted by atomic mass is 10.1. The van der Waals surface area contributed by atoms with Crippen LogP contribution in [0.4, 0.5) is 0 Å². The maximum atomic E-state index is 12.7. The Morgan fingerprint density at radius 2 is 2.12 bits per heavy atom. The number of piperazine rings is 1.